The first-order valence-corrected chi connectivity index (χ1v) is 25.2. The Bertz CT molecular complexity index is 3010. The lowest BCUT2D eigenvalue weighted by Gasteiger charge is -2.40. The van der Waals surface area contributed by atoms with Gasteiger partial charge < -0.3 is 47.2 Å². The Morgan fingerprint density at radius 2 is 0.871 bits per heavy atom. The Morgan fingerprint density at radius 3 is 1.24 bits per heavy atom. The van der Waals surface area contributed by atoms with Crippen molar-refractivity contribution in [2.75, 3.05) is 0 Å². The Hall–Kier alpha value is -7.47. The van der Waals surface area contributed by atoms with Gasteiger partial charge in [-0.25, -0.2) is 0 Å². The van der Waals surface area contributed by atoms with Crippen LogP contribution < -0.4 is 18.6 Å². The molecule has 70 heavy (non-hydrogen) atoms. The zero-order valence-electron chi connectivity index (χ0n) is 41.2. The van der Waals surface area contributed by atoms with Gasteiger partial charge in [0.15, 0.2) is 0 Å². The van der Waals surface area contributed by atoms with Gasteiger partial charge in [-0.05, 0) is 119 Å². The fourth-order valence-electron chi connectivity index (χ4n) is 10.7. The first-order chi connectivity index (χ1) is 34.2. The molecular formula is C56H58B2N4O8-2. The van der Waals surface area contributed by atoms with Crippen molar-refractivity contribution in [2.45, 2.75) is 107 Å². The third-order valence-electron chi connectivity index (χ3n) is 14.2. The molecule has 8 heterocycles. The Morgan fingerprint density at radius 1 is 0.443 bits per heavy atom. The van der Waals surface area contributed by atoms with Crippen LogP contribution in [-0.4, -0.2) is 36.3 Å². The Labute approximate surface area is 409 Å². The zero-order valence-corrected chi connectivity index (χ0v) is 41.2. The van der Waals surface area contributed by atoms with Crippen molar-refractivity contribution in [3.63, 3.8) is 0 Å². The molecule has 0 aliphatic carbocycles. The van der Waals surface area contributed by atoms with E-state index in [1.165, 1.54) is 33.4 Å². The van der Waals surface area contributed by atoms with Crippen molar-refractivity contribution < 1.29 is 37.2 Å². The molecular weight excluding hydrogens is 878 g/mol. The van der Waals surface area contributed by atoms with E-state index in [-0.39, 0.29) is 0 Å². The van der Waals surface area contributed by atoms with E-state index in [0.717, 1.165) is 108 Å². The van der Waals surface area contributed by atoms with E-state index < -0.39 is 13.9 Å². The fourth-order valence-corrected chi connectivity index (χ4v) is 10.7. The van der Waals surface area contributed by atoms with Crippen LogP contribution in [0.3, 0.4) is 0 Å². The summed E-state index contributed by atoms with van der Waals surface area (Å²) in [6, 6.07) is 19.9. The average Bonchev–Trinajstić information content (AvgIpc) is 4.26. The number of aromatic amines is 2. The summed E-state index contributed by atoms with van der Waals surface area (Å²) in [5.74, 6) is 4.31. The van der Waals surface area contributed by atoms with Crippen molar-refractivity contribution in [3.05, 3.63) is 164 Å². The number of fused-ring (bicyclic) bond motifs is 2. The second kappa shape index (κ2) is 17.8. The number of hydrogen-bond donors (Lipinski definition) is 2. The number of rotatable bonds is 12. The second-order valence-corrected chi connectivity index (χ2v) is 18.1. The third kappa shape index (κ3) is 7.38. The van der Waals surface area contributed by atoms with Gasteiger partial charge in [-0.1, -0.05) is 104 Å². The van der Waals surface area contributed by atoms with E-state index in [9.17, 15) is 0 Å². The maximum absolute atomic E-state index is 6.82. The molecule has 6 aliphatic heterocycles. The third-order valence-corrected chi connectivity index (χ3v) is 14.2. The summed E-state index contributed by atoms with van der Waals surface area (Å²) < 4.78 is 53.9. The summed E-state index contributed by atoms with van der Waals surface area (Å²) in [6.07, 6.45) is 18.5. The number of nitrogens with zero attached hydrogens (tertiary/aromatic N) is 2. The molecule has 358 valence electrons. The monoisotopic (exact) mass is 936 g/mol. The summed E-state index contributed by atoms with van der Waals surface area (Å²) in [7, 11) is 0. The first kappa shape index (κ1) is 45.0. The van der Waals surface area contributed by atoms with Crippen LogP contribution in [-0.2, 0) is 44.3 Å². The van der Waals surface area contributed by atoms with Gasteiger partial charge in [0, 0.05) is 48.1 Å². The van der Waals surface area contributed by atoms with Crippen LogP contribution in [0.1, 0.15) is 115 Å². The van der Waals surface area contributed by atoms with Gasteiger partial charge >= 0.3 is 13.9 Å². The number of allylic oxidation sites excluding steroid dienone is 6. The number of aromatic nitrogens is 2. The molecule has 2 aromatic heterocycles. The molecule has 2 N–H and O–H groups in total. The predicted octanol–water partition coefficient (Wildman–Crippen LogP) is 13.3. The molecule has 0 fully saturated rings. The highest BCUT2D eigenvalue weighted by molar-refractivity contribution is 6.59. The molecule has 0 saturated carbocycles. The number of hydrogen-bond acceptors (Lipinski definition) is 10. The van der Waals surface area contributed by atoms with Crippen molar-refractivity contribution in [2.24, 2.45) is 9.98 Å². The van der Waals surface area contributed by atoms with Gasteiger partial charge in [0.1, 0.15) is 57.4 Å². The molecule has 3 aromatic carbocycles. The van der Waals surface area contributed by atoms with Crippen LogP contribution in [0.2, 0.25) is 0 Å². The molecule has 2 spiro atoms. The summed E-state index contributed by atoms with van der Waals surface area (Å²) in [5, 5.41) is 0. The molecule has 0 bridgehead atoms. The molecule has 0 unspecified atom stereocenters. The Kier molecular flexibility index (Phi) is 11.4. The molecule has 5 aromatic rings. The normalized spacial score (nSPS) is 22.8. The van der Waals surface area contributed by atoms with E-state index in [4.69, 9.17) is 47.2 Å². The highest BCUT2D eigenvalue weighted by Gasteiger charge is 2.53. The van der Waals surface area contributed by atoms with Crippen molar-refractivity contribution >= 4 is 37.9 Å². The Balaban J connectivity index is 0.912. The predicted molar refractivity (Wildman–Crippen MR) is 277 cm³/mol. The maximum Gasteiger partial charge on any atom is 0.777 e. The van der Waals surface area contributed by atoms with Crippen LogP contribution in [0.25, 0.3) is 33.8 Å². The van der Waals surface area contributed by atoms with Gasteiger partial charge in [0.25, 0.3) is 0 Å². The molecule has 0 amide bonds. The topological polar surface area (TPSA) is 130 Å². The number of aliphatic imine (C=N–C) groups is 2. The molecule has 11 rings (SSSR count). The van der Waals surface area contributed by atoms with E-state index >= 15 is 0 Å². The van der Waals surface area contributed by atoms with Crippen molar-refractivity contribution in [1.29, 1.82) is 0 Å². The molecule has 0 radical (unpaired) electrons. The van der Waals surface area contributed by atoms with E-state index in [1.807, 2.05) is 61.0 Å². The van der Waals surface area contributed by atoms with Gasteiger partial charge in [-0.15, -0.1) is 0 Å². The minimum absolute atomic E-state index is 0.514. The highest BCUT2D eigenvalue weighted by atomic mass is 16.9. The molecule has 0 saturated heterocycles. The van der Waals surface area contributed by atoms with Crippen LogP contribution in [0.5, 0.6) is 23.0 Å². The molecule has 2 atom stereocenters. The lowest BCUT2D eigenvalue weighted by atomic mass is 9.97. The van der Waals surface area contributed by atoms with E-state index in [2.05, 4.69) is 102 Å². The summed E-state index contributed by atoms with van der Waals surface area (Å²) in [6.45, 7) is 11.5. The first-order valence-electron chi connectivity index (χ1n) is 25.2. The van der Waals surface area contributed by atoms with Crippen molar-refractivity contribution in [1.82, 2.24) is 9.97 Å². The van der Waals surface area contributed by atoms with Gasteiger partial charge in [-0.3, -0.25) is 9.98 Å². The summed E-state index contributed by atoms with van der Waals surface area (Å²) in [5.41, 5.74) is 16.2. The average molecular weight is 937 g/mol. The summed E-state index contributed by atoms with van der Waals surface area (Å²) >= 11 is 0. The smallest absolute Gasteiger partial charge is 0.610 e. The van der Waals surface area contributed by atoms with Crippen LogP contribution >= 0.6 is 0 Å². The SMILES string of the molecule is CCC1=C(CC)C(=C2C=C(c3[nH]cc(CC)c3CC)O[B@-]3(O2)Oc2cccc(-c4ccc(-c5cccc6c5O[B@@-]5(OC(c7[nH]cc(CC)c7CC)=CC(=C7N=CC(CC)=C7CC)O5)O6)cc4)c2O3)N=C1. The van der Waals surface area contributed by atoms with Crippen LogP contribution in [0.4, 0.5) is 0 Å². The number of H-pyrrole nitrogens is 2. The lowest BCUT2D eigenvalue weighted by Crippen LogP contribution is -2.52. The minimum atomic E-state index is -2.85. The largest absolute Gasteiger partial charge is 0.777 e. The molecule has 14 heteroatoms. The van der Waals surface area contributed by atoms with Crippen LogP contribution in [0.15, 0.2) is 140 Å². The fraction of sp³-hybridized carbons (Fsp3) is 0.286. The molecule has 6 aliphatic rings. The number of nitrogens with one attached hydrogen (secondary N) is 2. The number of aryl methyl sites for hydroxylation is 2. The van der Waals surface area contributed by atoms with E-state index in [0.29, 0.717) is 46.0 Å². The summed E-state index contributed by atoms with van der Waals surface area (Å²) in [4.78, 5) is 16.7. The highest BCUT2D eigenvalue weighted by Crippen LogP contribution is 2.52. The second-order valence-electron chi connectivity index (χ2n) is 18.1. The van der Waals surface area contributed by atoms with Crippen molar-refractivity contribution in [3.8, 4) is 45.3 Å². The quantitative estimate of drug-likeness (QED) is 0.118. The minimum Gasteiger partial charge on any atom is -0.610 e. The maximum atomic E-state index is 6.82. The zero-order chi connectivity index (χ0) is 48.3. The lowest BCUT2D eigenvalue weighted by molar-refractivity contribution is 0.128. The number of benzene rings is 3. The molecule has 12 nitrogen and oxygen atoms in total. The number of para-hydroxylation sites is 2. The van der Waals surface area contributed by atoms with Gasteiger partial charge in [0.05, 0.1) is 11.4 Å². The van der Waals surface area contributed by atoms with Gasteiger partial charge in [-0.2, -0.15) is 0 Å². The standard InChI is InChI=1S/C56H58B2N4O8/c1-9-33-29-59-51(39(33)13-5)47-27-48(52-40(14-6)34(10-2)30-60-52)66-57(65-47)63-45-21-17-19-43(55(45)69-57)37-23-25-38(26-24-37)44-20-18-22-46-56(44)70-58(64-46)67-49(53-41(15-7)35(11-3)31-61-53)28-50(68-58)54-42(16-8)36(12-4)32-62-54/h17-32,59,61H,9-16H2,1-8H3/q-2/t57-,58+. The van der Waals surface area contributed by atoms with Crippen LogP contribution in [0, 0.1) is 0 Å². The van der Waals surface area contributed by atoms with E-state index in [1.54, 1.807) is 0 Å². The van der Waals surface area contributed by atoms with Gasteiger partial charge in [0.2, 0.25) is 0 Å².